The monoisotopic (exact) mass is 927 g/mol. The number of carbonyl (C=O) groups excluding carboxylic acids is 2. The van der Waals surface area contributed by atoms with E-state index >= 15 is 0 Å². The van der Waals surface area contributed by atoms with Gasteiger partial charge >= 0.3 is 19.8 Å². The Kier molecular flexibility index (Phi) is 50.2. The number of unbranched alkanes of at least 4 members (excludes halogenated alkanes) is 40. The summed E-state index contributed by atoms with van der Waals surface area (Å²) in [5.74, 6) is -0.784. The maximum atomic E-state index is 12.6. The quantitative estimate of drug-likeness (QED) is 0.0278. The molecule has 64 heavy (non-hydrogen) atoms. The van der Waals surface area contributed by atoms with Gasteiger partial charge < -0.3 is 14.4 Å². The Bertz CT molecular complexity index is 1050. The van der Waals surface area contributed by atoms with E-state index in [4.69, 9.17) is 14.0 Å². The minimum Gasteiger partial charge on any atom is -0.462 e. The number of allylic oxidation sites excluding steroid dienone is 2. The van der Waals surface area contributed by atoms with Crippen LogP contribution in [0.25, 0.3) is 0 Å². The van der Waals surface area contributed by atoms with Crippen LogP contribution in [0.3, 0.4) is 0 Å². The Morgan fingerprint density at radius 1 is 0.422 bits per heavy atom. The Balaban J connectivity index is 3.81. The minimum absolute atomic E-state index is 0.218. The highest BCUT2D eigenvalue weighted by Crippen LogP contribution is 2.42. The van der Waals surface area contributed by atoms with Crippen molar-refractivity contribution in [3.05, 3.63) is 12.2 Å². The van der Waals surface area contributed by atoms with Crippen molar-refractivity contribution in [1.82, 2.24) is 0 Å². The second-order valence-corrected chi connectivity index (χ2v) is 20.6. The van der Waals surface area contributed by atoms with Gasteiger partial charge in [0.2, 0.25) is 0 Å². The highest BCUT2D eigenvalue weighted by atomic mass is 31.2. The largest absolute Gasteiger partial charge is 0.472 e. The van der Waals surface area contributed by atoms with Crippen LogP contribution in [0.1, 0.15) is 303 Å². The molecular formula is C55H107O8P. The molecule has 0 aromatic carbocycles. The molecule has 0 aliphatic rings. The fraction of sp³-hybridized carbons (Fsp3) is 0.927. The second kappa shape index (κ2) is 51.2. The molecule has 0 fully saturated rings. The van der Waals surface area contributed by atoms with Crippen LogP contribution in [0.5, 0.6) is 0 Å². The highest BCUT2D eigenvalue weighted by molar-refractivity contribution is 7.47. The molecule has 0 saturated carbocycles. The molecule has 0 spiro atoms. The van der Waals surface area contributed by atoms with Crippen LogP contribution >= 0.6 is 7.82 Å². The van der Waals surface area contributed by atoms with Crippen molar-refractivity contribution in [2.75, 3.05) is 20.3 Å². The maximum absolute atomic E-state index is 12.6. The first-order chi connectivity index (χ1) is 31.3. The molecule has 0 heterocycles. The molecule has 2 atom stereocenters. The van der Waals surface area contributed by atoms with Crippen molar-refractivity contribution in [3.63, 3.8) is 0 Å². The molecule has 9 heteroatoms. The molecule has 0 bridgehead atoms. The predicted octanol–water partition coefficient (Wildman–Crippen LogP) is 18.4. The number of hydrogen-bond acceptors (Lipinski definition) is 7. The summed E-state index contributed by atoms with van der Waals surface area (Å²) in [6.45, 7) is 3.95. The van der Waals surface area contributed by atoms with Crippen LogP contribution in [0.2, 0.25) is 0 Å². The second-order valence-electron chi connectivity index (χ2n) is 19.1. The van der Waals surface area contributed by atoms with Crippen LogP contribution in [0.15, 0.2) is 12.2 Å². The average molecular weight is 927 g/mol. The lowest BCUT2D eigenvalue weighted by molar-refractivity contribution is -0.161. The first kappa shape index (κ1) is 62.8. The molecule has 0 radical (unpaired) electrons. The molecule has 0 saturated heterocycles. The van der Waals surface area contributed by atoms with Crippen LogP contribution in [-0.4, -0.2) is 43.3 Å². The van der Waals surface area contributed by atoms with Gasteiger partial charge in [0.25, 0.3) is 0 Å². The summed E-state index contributed by atoms with van der Waals surface area (Å²) >= 11 is 0. The molecular weight excluding hydrogens is 820 g/mol. The average Bonchev–Trinajstić information content (AvgIpc) is 3.29. The standard InChI is InChI=1S/C55H107O8P/c1-4-6-8-10-12-14-16-18-20-22-24-26-28-30-32-34-36-38-40-42-44-46-48-50-55(57)63-53(52-62-64(58,59)60-3)51-61-54(56)49-47-45-43-41-39-37-35-33-31-29-27-25-23-21-19-17-15-13-11-9-7-5-2/h22,24,53H,4-21,23,25-52H2,1-3H3,(H,58,59)/b24-22-. The Hall–Kier alpha value is -1.21. The smallest absolute Gasteiger partial charge is 0.462 e. The van der Waals surface area contributed by atoms with Crippen LogP contribution in [0.4, 0.5) is 0 Å². The molecule has 0 amide bonds. The van der Waals surface area contributed by atoms with E-state index in [2.05, 4.69) is 30.5 Å². The molecule has 0 aromatic heterocycles. The Labute approximate surface area is 397 Å². The third-order valence-corrected chi connectivity index (χ3v) is 13.7. The summed E-state index contributed by atoms with van der Waals surface area (Å²) in [6, 6.07) is 0. The number of rotatable bonds is 53. The van der Waals surface area contributed by atoms with E-state index in [9.17, 15) is 19.0 Å². The van der Waals surface area contributed by atoms with E-state index < -0.39 is 26.5 Å². The van der Waals surface area contributed by atoms with Gasteiger partial charge in [0, 0.05) is 20.0 Å². The zero-order valence-electron chi connectivity index (χ0n) is 42.7. The topological polar surface area (TPSA) is 108 Å². The Morgan fingerprint density at radius 3 is 1.02 bits per heavy atom. The van der Waals surface area contributed by atoms with Crippen LogP contribution < -0.4 is 0 Å². The van der Waals surface area contributed by atoms with Gasteiger partial charge in [-0.2, -0.15) is 0 Å². The lowest BCUT2D eigenvalue weighted by Crippen LogP contribution is -2.29. The molecule has 380 valence electrons. The van der Waals surface area contributed by atoms with Crippen molar-refractivity contribution in [3.8, 4) is 0 Å². The molecule has 1 N–H and O–H groups in total. The minimum atomic E-state index is -4.27. The fourth-order valence-electron chi connectivity index (χ4n) is 8.48. The number of phosphoric ester groups is 1. The third kappa shape index (κ3) is 50.2. The first-order valence-corrected chi connectivity index (χ1v) is 29.4. The number of esters is 2. The SMILES string of the molecule is CCCCCCCCCC/C=C\CCCCCCCCCCCCCC(=O)OC(COC(=O)CCCCCCCCCCCCCCCCCCCCCCCC)COP(=O)(O)OC. The molecule has 8 nitrogen and oxygen atoms in total. The van der Waals surface area contributed by atoms with Crippen molar-refractivity contribution in [1.29, 1.82) is 0 Å². The zero-order chi connectivity index (χ0) is 46.7. The van der Waals surface area contributed by atoms with Gasteiger partial charge in [0.15, 0.2) is 6.10 Å². The summed E-state index contributed by atoms with van der Waals surface area (Å²) in [7, 11) is -3.19. The van der Waals surface area contributed by atoms with E-state index in [0.717, 1.165) is 45.6 Å². The fourth-order valence-corrected chi connectivity index (χ4v) is 8.94. The van der Waals surface area contributed by atoms with Crippen molar-refractivity contribution in [2.45, 2.75) is 309 Å². The predicted molar refractivity (Wildman–Crippen MR) is 272 cm³/mol. The van der Waals surface area contributed by atoms with E-state index in [1.807, 2.05) is 0 Å². The van der Waals surface area contributed by atoms with Crippen LogP contribution in [0, 0.1) is 0 Å². The van der Waals surface area contributed by atoms with Gasteiger partial charge in [-0.25, -0.2) is 4.57 Å². The summed E-state index contributed by atoms with van der Waals surface area (Å²) in [4.78, 5) is 34.7. The summed E-state index contributed by atoms with van der Waals surface area (Å²) in [5, 5.41) is 0. The van der Waals surface area contributed by atoms with Gasteiger partial charge in [0.1, 0.15) is 6.61 Å². The summed E-state index contributed by atoms with van der Waals surface area (Å²) in [6.07, 6.45) is 60.0. The maximum Gasteiger partial charge on any atom is 0.472 e. The van der Waals surface area contributed by atoms with Gasteiger partial charge in [-0.1, -0.05) is 264 Å². The Morgan fingerprint density at radius 2 is 0.703 bits per heavy atom. The van der Waals surface area contributed by atoms with Gasteiger partial charge in [-0.15, -0.1) is 0 Å². The van der Waals surface area contributed by atoms with Gasteiger partial charge in [-0.05, 0) is 38.5 Å². The summed E-state index contributed by atoms with van der Waals surface area (Å²) < 4.78 is 32.2. The van der Waals surface area contributed by atoms with Crippen molar-refractivity contribution < 1.29 is 37.6 Å². The number of hydrogen-bond donors (Lipinski definition) is 1. The van der Waals surface area contributed by atoms with E-state index in [1.54, 1.807) is 0 Å². The first-order valence-electron chi connectivity index (χ1n) is 27.9. The molecule has 0 aliphatic carbocycles. The van der Waals surface area contributed by atoms with Crippen LogP contribution in [-0.2, 0) is 32.7 Å². The number of ether oxygens (including phenoxy) is 2. The lowest BCUT2D eigenvalue weighted by atomic mass is 10.0. The zero-order valence-corrected chi connectivity index (χ0v) is 43.6. The van der Waals surface area contributed by atoms with Gasteiger partial charge in [0.05, 0.1) is 6.61 Å². The van der Waals surface area contributed by atoms with E-state index in [0.29, 0.717) is 6.42 Å². The third-order valence-electron chi connectivity index (χ3n) is 12.8. The molecule has 0 rings (SSSR count). The molecule has 0 aromatic rings. The number of phosphoric acid groups is 1. The van der Waals surface area contributed by atoms with E-state index in [-0.39, 0.29) is 19.0 Å². The van der Waals surface area contributed by atoms with Crippen molar-refractivity contribution in [2.24, 2.45) is 0 Å². The summed E-state index contributed by atoms with van der Waals surface area (Å²) in [5.41, 5.74) is 0. The van der Waals surface area contributed by atoms with Gasteiger partial charge in [-0.3, -0.25) is 18.6 Å². The molecule has 0 aliphatic heterocycles. The van der Waals surface area contributed by atoms with Crippen molar-refractivity contribution >= 4 is 19.8 Å². The highest BCUT2D eigenvalue weighted by Gasteiger charge is 2.24. The normalized spacial score (nSPS) is 13.1. The number of carbonyl (C=O) groups is 2. The van der Waals surface area contributed by atoms with E-state index in [1.165, 1.54) is 238 Å². The lowest BCUT2D eigenvalue weighted by Gasteiger charge is -2.19. The molecule has 2 unspecified atom stereocenters.